The average molecular weight is 528 g/mol. The molecule has 0 unspecified atom stereocenters. The summed E-state index contributed by atoms with van der Waals surface area (Å²) in [5.74, 6) is 2.43. The molecule has 0 aliphatic carbocycles. The quantitative estimate of drug-likeness (QED) is 0.262. The maximum atomic E-state index is 13.3. The maximum Gasteiger partial charge on any atom is 0.220 e. The monoisotopic (exact) mass is 527 g/mol. The lowest BCUT2D eigenvalue weighted by molar-refractivity contribution is -0.121. The van der Waals surface area contributed by atoms with Gasteiger partial charge in [0.1, 0.15) is 5.75 Å². The molecule has 1 saturated heterocycles. The fourth-order valence-corrected chi connectivity index (χ4v) is 5.85. The third-order valence-electron chi connectivity index (χ3n) is 7.92. The van der Waals surface area contributed by atoms with Crippen molar-refractivity contribution < 1.29 is 14.3 Å². The van der Waals surface area contributed by atoms with Crippen molar-refractivity contribution in [1.29, 1.82) is 0 Å². The molecule has 208 valence electrons. The Kier molecular flexibility index (Phi) is 10.6. The lowest BCUT2D eigenvalue weighted by Crippen LogP contribution is -2.34. The molecule has 3 aromatic carbocycles. The van der Waals surface area contributed by atoms with Crippen molar-refractivity contribution in [3.63, 3.8) is 0 Å². The maximum absolute atomic E-state index is 13.3. The number of hydrogen-bond acceptors (Lipinski definition) is 3. The highest BCUT2D eigenvalue weighted by Crippen LogP contribution is 2.38. The molecule has 4 nitrogen and oxygen atoms in total. The first-order valence-electron chi connectivity index (χ1n) is 14.7. The van der Waals surface area contributed by atoms with Crippen molar-refractivity contribution in [2.45, 2.75) is 77.4 Å². The van der Waals surface area contributed by atoms with Crippen molar-refractivity contribution in [3.05, 3.63) is 102 Å². The molecule has 0 saturated carbocycles. The minimum absolute atomic E-state index is 0.00786. The van der Waals surface area contributed by atoms with Gasteiger partial charge >= 0.3 is 0 Å². The highest BCUT2D eigenvalue weighted by Gasteiger charge is 2.31. The predicted octanol–water partition coefficient (Wildman–Crippen LogP) is 7.74. The van der Waals surface area contributed by atoms with Gasteiger partial charge in [0.25, 0.3) is 0 Å². The summed E-state index contributed by atoms with van der Waals surface area (Å²) >= 11 is 0. The Hall–Kier alpha value is -3.11. The van der Waals surface area contributed by atoms with Crippen LogP contribution in [0, 0.1) is 11.8 Å². The van der Waals surface area contributed by atoms with Gasteiger partial charge in [-0.3, -0.25) is 4.79 Å². The molecule has 39 heavy (non-hydrogen) atoms. The van der Waals surface area contributed by atoms with Gasteiger partial charge in [0.15, 0.2) is 0 Å². The summed E-state index contributed by atoms with van der Waals surface area (Å²) < 4.78 is 11.9. The molecule has 1 heterocycles. The lowest BCUT2D eigenvalue weighted by atomic mass is 9.76. The van der Waals surface area contributed by atoms with Crippen LogP contribution in [-0.2, 0) is 9.53 Å². The van der Waals surface area contributed by atoms with Gasteiger partial charge in [0, 0.05) is 25.5 Å². The van der Waals surface area contributed by atoms with Gasteiger partial charge < -0.3 is 14.8 Å². The summed E-state index contributed by atoms with van der Waals surface area (Å²) in [6.45, 7) is 10.0. The smallest absolute Gasteiger partial charge is 0.220 e. The van der Waals surface area contributed by atoms with Crippen LogP contribution in [-0.4, -0.2) is 31.3 Å². The lowest BCUT2D eigenvalue weighted by Gasteiger charge is -2.37. The van der Waals surface area contributed by atoms with Crippen LogP contribution in [0.15, 0.2) is 84.9 Å². The second kappa shape index (κ2) is 14.3. The Bertz CT molecular complexity index is 1130. The fraction of sp³-hybridized carbons (Fsp3) is 0.457. The molecule has 1 aliphatic rings. The van der Waals surface area contributed by atoms with Crippen LogP contribution in [0.5, 0.6) is 5.75 Å². The molecule has 1 aliphatic heterocycles. The number of nitrogens with one attached hydrogen (secondary N) is 1. The SMILES string of the molecule is CC(C)Oc1ccc([C@@H](CC(=O)NCC[C@@H](c2ccccc2)[C@H]2CCO[C@@H](C(C)C)C2)c2ccccc2)cc1. The third kappa shape index (κ3) is 8.44. The zero-order chi connectivity index (χ0) is 27.6. The van der Waals surface area contributed by atoms with Gasteiger partial charge in [-0.1, -0.05) is 86.6 Å². The molecule has 4 rings (SSSR count). The highest BCUT2D eigenvalue weighted by molar-refractivity contribution is 5.77. The van der Waals surface area contributed by atoms with E-state index in [4.69, 9.17) is 9.47 Å². The molecule has 1 fully saturated rings. The molecule has 4 heteroatoms. The van der Waals surface area contributed by atoms with Crippen LogP contribution in [0.3, 0.4) is 0 Å². The summed E-state index contributed by atoms with van der Waals surface area (Å²) in [5, 5.41) is 3.27. The van der Waals surface area contributed by atoms with Gasteiger partial charge in [-0.2, -0.15) is 0 Å². The fourth-order valence-electron chi connectivity index (χ4n) is 5.85. The minimum atomic E-state index is -0.00786. The molecule has 0 spiro atoms. The first kappa shape index (κ1) is 28.9. The summed E-state index contributed by atoms with van der Waals surface area (Å²) in [4.78, 5) is 13.3. The highest BCUT2D eigenvalue weighted by atomic mass is 16.5. The summed E-state index contributed by atoms with van der Waals surface area (Å²) in [5.41, 5.74) is 3.64. The van der Waals surface area contributed by atoms with Crippen molar-refractivity contribution in [1.82, 2.24) is 5.32 Å². The third-order valence-corrected chi connectivity index (χ3v) is 7.92. The Labute approximate surface area is 235 Å². The molecule has 4 atom stereocenters. The molecule has 3 aromatic rings. The number of carbonyl (C=O) groups excluding carboxylic acids is 1. The van der Waals surface area contributed by atoms with E-state index >= 15 is 0 Å². The molecular formula is C35H45NO3. The molecular weight excluding hydrogens is 482 g/mol. The number of ether oxygens (including phenoxy) is 2. The largest absolute Gasteiger partial charge is 0.491 e. The molecule has 0 bridgehead atoms. The summed E-state index contributed by atoms with van der Waals surface area (Å²) in [6, 6.07) is 29.3. The Morgan fingerprint density at radius 2 is 1.49 bits per heavy atom. The van der Waals surface area contributed by atoms with Crippen LogP contribution in [0.1, 0.15) is 81.9 Å². The van der Waals surface area contributed by atoms with Crippen molar-refractivity contribution >= 4 is 5.91 Å². The zero-order valence-corrected chi connectivity index (χ0v) is 24.0. The topological polar surface area (TPSA) is 47.6 Å². The minimum Gasteiger partial charge on any atom is -0.491 e. The number of benzene rings is 3. The van der Waals surface area contributed by atoms with E-state index in [0.29, 0.717) is 36.8 Å². The number of carbonyl (C=O) groups is 1. The second-order valence-electron chi connectivity index (χ2n) is 11.5. The van der Waals surface area contributed by atoms with E-state index in [2.05, 4.69) is 73.8 Å². The normalized spacial score (nSPS) is 19.0. The van der Waals surface area contributed by atoms with Crippen molar-refractivity contribution in [3.8, 4) is 5.75 Å². The standard InChI is InChI=1S/C35H45NO3/c1-25(2)34-23-30(20-22-38-34)32(27-11-7-5-8-12-27)19-21-36-35(37)24-33(28-13-9-6-10-14-28)29-15-17-31(18-16-29)39-26(3)4/h5-18,25-26,30,32-34H,19-24H2,1-4H3,(H,36,37)/t30-,32-,33-,34+/m0/s1. The van der Waals surface area contributed by atoms with Crippen molar-refractivity contribution in [2.75, 3.05) is 13.2 Å². The van der Waals surface area contributed by atoms with E-state index in [1.807, 2.05) is 44.2 Å². The molecule has 0 radical (unpaired) electrons. The van der Waals surface area contributed by atoms with Gasteiger partial charge in [0.2, 0.25) is 5.91 Å². The average Bonchev–Trinajstić information content (AvgIpc) is 2.95. The van der Waals surface area contributed by atoms with E-state index in [-0.39, 0.29) is 17.9 Å². The molecule has 0 aromatic heterocycles. The van der Waals surface area contributed by atoms with E-state index in [1.54, 1.807) is 0 Å². The van der Waals surface area contributed by atoms with Gasteiger partial charge in [-0.25, -0.2) is 0 Å². The van der Waals surface area contributed by atoms with Crippen LogP contribution in [0.2, 0.25) is 0 Å². The Balaban J connectivity index is 1.42. The van der Waals surface area contributed by atoms with E-state index in [1.165, 1.54) is 5.56 Å². The van der Waals surface area contributed by atoms with E-state index in [0.717, 1.165) is 42.7 Å². The second-order valence-corrected chi connectivity index (χ2v) is 11.5. The first-order chi connectivity index (χ1) is 18.9. The molecule has 1 N–H and O–H groups in total. The van der Waals surface area contributed by atoms with E-state index < -0.39 is 0 Å². The number of hydrogen-bond donors (Lipinski definition) is 1. The number of amides is 1. The Morgan fingerprint density at radius 3 is 2.10 bits per heavy atom. The Morgan fingerprint density at radius 1 is 0.872 bits per heavy atom. The first-order valence-corrected chi connectivity index (χ1v) is 14.7. The summed E-state index contributed by atoms with van der Waals surface area (Å²) in [6.07, 6.45) is 3.94. The molecule has 1 amide bonds. The van der Waals surface area contributed by atoms with Crippen molar-refractivity contribution in [2.24, 2.45) is 11.8 Å². The van der Waals surface area contributed by atoms with Crippen LogP contribution in [0.25, 0.3) is 0 Å². The van der Waals surface area contributed by atoms with Crippen LogP contribution < -0.4 is 10.1 Å². The van der Waals surface area contributed by atoms with E-state index in [9.17, 15) is 4.79 Å². The van der Waals surface area contributed by atoms with Gasteiger partial charge in [0.05, 0.1) is 12.2 Å². The number of rotatable bonds is 12. The van der Waals surface area contributed by atoms with Gasteiger partial charge in [-0.05, 0) is 79.7 Å². The zero-order valence-electron chi connectivity index (χ0n) is 24.0. The van der Waals surface area contributed by atoms with Gasteiger partial charge in [-0.15, -0.1) is 0 Å². The van der Waals surface area contributed by atoms with Crippen LogP contribution >= 0.6 is 0 Å². The van der Waals surface area contributed by atoms with Crippen LogP contribution in [0.4, 0.5) is 0 Å². The predicted molar refractivity (Wildman–Crippen MR) is 159 cm³/mol. The summed E-state index contributed by atoms with van der Waals surface area (Å²) in [7, 11) is 0.